The summed E-state index contributed by atoms with van der Waals surface area (Å²) < 4.78 is 4.39. The van der Waals surface area contributed by atoms with Crippen LogP contribution in [0.3, 0.4) is 0 Å². The van der Waals surface area contributed by atoms with Crippen LogP contribution >= 0.6 is 0 Å². The highest BCUT2D eigenvalue weighted by atomic mass is 16.5. The number of carbonyl (C=O) groups is 2. The van der Waals surface area contributed by atoms with E-state index in [2.05, 4.69) is 11.3 Å². The maximum Gasteiger partial charge on any atom is 0.333 e. The molecule has 128 valence electrons. The number of aliphatic hydroxyl groups excluding tert-OH is 3. The fourth-order valence-corrected chi connectivity index (χ4v) is 1.08. The van der Waals surface area contributed by atoms with Crippen LogP contribution in [0.5, 0.6) is 0 Å². The van der Waals surface area contributed by atoms with E-state index in [1.807, 2.05) is 6.92 Å². The van der Waals surface area contributed by atoms with Crippen molar-refractivity contribution in [1.82, 2.24) is 0 Å². The van der Waals surface area contributed by atoms with E-state index in [4.69, 9.17) is 20.4 Å². The number of hydrogen-bond donors (Lipinski definition) is 4. The average Bonchev–Trinajstić information content (AvgIpc) is 2.54. The molecule has 0 aromatic heterocycles. The Labute approximate surface area is 130 Å². The molecule has 0 saturated heterocycles. The smallest absolute Gasteiger partial charge is 0.333 e. The van der Waals surface area contributed by atoms with Crippen molar-refractivity contribution >= 4 is 11.9 Å². The molecule has 0 bridgehead atoms. The summed E-state index contributed by atoms with van der Waals surface area (Å²) in [6.07, 6.45) is 2.21. The summed E-state index contributed by atoms with van der Waals surface area (Å²) in [5.41, 5.74) is -0.242. The van der Waals surface area contributed by atoms with Crippen molar-refractivity contribution in [2.24, 2.45) is 5.41 Å². The Bertz CT molecular complexity index is 377. The van der Waals surface area contributed by atoms with Gasteiger partial charge in [-0.3, -0.25) is 0 Å². The van der Waals surface area contributed by atoms with Crippen LogP contribution in [-0.2, 0) is 14.3 Å². The van der Waals surface area contributed by atoms with E-state index < -0.39 is 17.4 Å². The van der Waals surface area contributed by atoms with Crippen molar-refractivity contribution in [2.75, 3.05) is 26.9 Å². The van der Waals surface area contributed by atoms with Crippen LogP contribution in [0.25, 0.3) is 0 Å². The number of allylic oxidation sites excluding steroid dienone is 1. The third kappa shape index (κ3) is 8.56. The van der Waals surface area contributed by atoms with Crippen molar-refractivity contribution in [3.63, 3.8) is 0 Å². The van der Waals surface area contributed by atoms with Gasteiger partial charge in [-0.1, -0.05) is 19.6 Å². The van der Waals surface area contributed by atoms with Gasteiger partial charge in [-0.25, -0.2) is 9.59 Å². The molecule has 0 rings (SSSR count). The molecular formula is C15H26O7. The van der Waals surface area contributed by atoms with Crippen LogP contribution in [-0.4, -0.2) is 59.3 Å². The molecule has 0 aliphatic rings. The molecule has 0 atom stereocenters. The summed E-state index contributed by atoms with van der Waals surface area (Å²) >= 11 is 0. The standard InChI is InChI=1S/C9H12O4.C6H14O3/c1-6(8(10)11)4-5-7(2)9(12)13-3;1-2-6(3-7,4-8)5-9/h4H,2,5H2,1,3H3,(H,10,11);7-9H,2-5H2,1H3. The molecule has 4 N–H and O–H groups in total. The molecule has 0 heterocycles. The zero-order chi connectivity index (χ0) is 17.8. The molecule has 0 unspecified atom stereocenters. The molecule has 0 aliphatic carbocycles. The summed E-state index contributed by atoms with van der Waals surface area (Å²) in [7, 11) is 1.25. The summed E-state index contributed by atoms with van der Waals surface area (Å²) in [5.74, 6) is -1.52. The number of esters is 1. The minimum absolute atomic E-state index is 0.156. The molecule has 0 saturated carbocycles. The van der Waals surface area contributed by atoms with E-state index in [-0.39, 0.29) is 37.4 Å². The topological polar surface area (TPSA) is 124 Å². The molecule has 0 aliphatic heterocycles. The quantitative estimate of drug-likeness (QED) is 0.379. The van der Waals surface area contributed by atoms with Crippen LogP contribution in [0.4, 0.5) is 0 Å². The molecule has 0 aromatic rings. The van der Waals surface area contributed by atoms with Gasteiger partial charge in [-0.15, -0.1) is 0 Å². The third-order valence-corrected chi connectivity index (χ3v) is 3.22. The van der Waals surface area contributed by atoms with Crippen LogP contribution in [0.2, 0.25) is 0 Å². The number of ether oxygens (including phenoxy) is 1. The number of aliphatic carboxylic acids is 1. The third-order valence-electron chi connectivity index (χ3n) is 3.22. The van der Waals surface area contributed by atoms with E-state index in [9.17, 15) is 9.59 Å². The lowest BCUT2D eigenvalue weighted by Crippen LogP contribution is -2.32. The summed E-state index contributed by atoms with van der Waals surface area (Å²) in [6, 6.07) is 0. The number of hydrogen-bond acceptors (Lipinski definition) is 6. The van der Waals surface area contributed by atoms with Crippen molar-refractivity contribution in [3.8, 4) is 0 Å². The van der Waals surface area contributed by atoms with E-state index >= 15 is 0 Å². The molecule has 0 spiro atoms. The summed E-state index contributed by atoms with van der Waals surface area (Å²) in [4.78, 5) is 21.1. The summed E-state index contributed by atoms with van der Waals surface area (Å²) in [6.45, 7) is 6.25. The van der Waals surface area contributed by atoms with Gasteiger partial charge in [0.2, 0.25) is 0 Å². The molecule has 0 aromatic carbocycles. The minimum atomic E-state index is -1.00. The fraction of sp³-hybridized carbons (Fsp3) is 0.600. The molecule has 0 radical (unpaired) electrons. The van der Waals surface area contributed by atoms with E-state index in [0.29, 0.717) is 6.42 Å². The van der Waals surface area contributed by atoms with Crippen LogP contribution in [0.15, 0.2) is 23.8 Å². The molecule has 0 amide bonds. The predicted octanol–water partition coefficient (Wildman–Crippen LogP) is 0.496. The highest BCUT2D eigenvalue weighted by molar-refractivity contribution is 5.89. The second-order valence-corrected chi connectivity index (χ2v) is 4.82. The van der Waals surface area contributed by atoms with Crippen LogP contribution < -0.4 is 0 Å². The predicted molar refractivity (Wildman–Crippen MR) is 81.1 cm³/mol. The molecular weight excluding hydrogens is 292 g/mol. The van der Waals surface area contributed by atoms with Gasteiger partial charge in [0.15, 0.2) is 0 Å². The Hall–Kier alpha value is -1.70. The van der Waals surface area contributed by atoms with Gasteiger partial charge in [0.25, 0.3) is 0 Å². The second kappa shape index (κ2) is 11.9. The average molecular weight is 318 g/mol. The Morgan fingerprint density at radius 3 is 1.86 bits per heavy atom. The van der Waals surface area contributed by atoms with Gasteiger partial charge < -0.3 is 25.2 Å². The van der Waals surface area contributed by atoms with Gasteiger partial charge in [-0.2, -0.15) is 0 Å². The largest absolute Gasteiger partial charge is 0.478 e. The van der Waals surface area contributed by atoms with E-state index in [0.717, 1.165) is 0 Å². The number of carbonyl (C=O) groups excluding carboxylic acids is 1. The van der Waals surface area contributed by atoms with Crippen LogP contribution in [0.1, 0.15) is 26.7 Å². The summed E-state index contributed by atoms with van der Waals surface area (Å²) in [5, 5.41) is 34.4. The number of carboxylic acids is 1. The fourth-order valence-electron chi connectivity index (χ4n) is 1.08. The first-order valence-electron chi connectivity index (χ1n) is 6.72. The van der Waals surface area contributed by atoms with Crippen molar-refractivity contribution < 1.29 is 34.8 Å². The van der Waals surface area contributed by atoms with Gasteiger partial charge in [-0.05, 0) is 19.8 Å². The van der Waals surface area contributed by atoms with Gasteiger partial charge >= 0.3 is 11.9 Å². The molecule has 0 fully saturated rings. The maximum atomic E-state index is 10.8. The Morgan fingerprint density at radius 1 is 1.18 bits per heavy atom. The SMILES string of the molecule is C=C(CC=C(C)C(=O)O)C(=O)OC.CCC(CO)(CO)CO. The monoisotopic (exact) mass is 318 g/mol. The lowest BCUT2D eigenvalue weighted by Gasteiger charge is -2.24. The number of rotatable bonds is 8. The molecule has 7 nitrogen and oxygen atoms in total. The van der Waals surface area contributed by atoms with Gasteiger partial charge in [0.05, 0.1) is 26.9 Å². The normalized spacial score (nSPS) is 11.3. The highest BCUT2D eigenvalue weighted by Gasteiger charge is 2.24. The number of methoxy groups -OCH3 is 1. The van der Waals surface area contributed by atoms with Crippen molar-refractivity contribution in [2.45, 2.75) is 26.7 Å². The molecule has 7 heteroatoms. The first-order chi connectivity index (χ1) is 10.2. The lowest BCUT2D eigenvalue weighted by molar-refractivity contribution is -0.136. The Kier molecular flexibility index (Phi) is 12.2. The Balaban J connectivity index is 0. The lowest BCUT2D eigenvalue weighted by atomic mass is 9.88. The Morgan fingerprint density at radius 2 is 1.64 bits per heavy atom. The first-order valence-corrected chi connectivity index (χ1v) is 6.72. The zero-order valence-electron chi connectivity index (χ0n) is 13.3. The van der Waals surface area contributed by atoms with E-state index in [1.54, 1.807) is 0 Å². The van der Waals surface area contributed by atoms with Crippen molar-refractivity contribution in [3.05, 3.63) is 23.8 Å². The zero-order valence-corrected chi connectivity index (χ0v) is 13.3. The second-order valence-electron chi connectivity index (χ2n) is 4.82. The van der Waals surface area contributed by atoms with Crippen LogP contribution in [0, 0.1) is 5.41 Å². The van der Waals surface area contributed by atoms with Gasteiger partial charge in [0, 0.05) is 16.6 Å². The maximum absolute atomic E-state index is 10.8. The molecule has 22 heavy (non-hydrogen) atoms. The number of aliphatic hydroxyl groups is 3. The minimum Gasteiger partial charge on any atom is -0.478 e. The van der Waals surface area contributed by atoms with Crippen molar-refractivity contribution in [1.29, 1.82) is 0 Å². The number of carboxylic acid groups (broad SMARTS) is 1. The highest BCUT2D eigenvalue weighted by Crippen LogP contribution is 2.18. The first kappa shape index (κ1) is 22.6. The van der Waals surface area contributed by atoms with E-state index in [1.165, 1.54) is 20.1 Å². The van der Waals surface area contributed by atoms with Gasteiger partial charge in [0.1, 0.15) is 0 Å².